The minimum atomic E-state index is 0.0324. The average Bonchev–Trinajstić information content (AvgIpc) is 2.35. The first-order valence-electron chi connectivity index (χ1n) is 7.08. The quantitative estimate of drug-likeness (QED) is 0.772. The highest BCUT2D eigenvalue weighted by Crippen LogP contribution is 2.42. The third kappa shape index (κ3) is 3.61. The Bertz CT molecular complexity index is 267. The van der Waals surface area contributed by atoms with Crippen LogP contribution in [0.2, 0.25) is 0 Å². The molecule has 0 bridgehead atoms. The summed E-state index contributed by atoms with van der Waals surface area (Å²) in [6.07, 6.45) is 8.99. The predicted octanol–water partition coefficient (Wildman–Crippen LogP) is 3.34. The number of halogens is 1. The summed E-state index contributed by atoms with van der Waals surface area (Å²) in [7, 11) is 0. The summed E-state index contributed by atoms with van der Waals surface area (Å²) in [4.78, 5) is 12.0. The molecule has 4 unspecified atom stereocenters. The van der Waals surface area contributed by atoms with E-state index in [2.05, 4.69) is 5.32 Å². The Hall–Kier alpha value is -0.240. The molecular formula is C14H24ClNO. The molecular weight excluding hydrogens is 234 g/mol. The lowest BCUT2D eigenvalue weighted by Gasteiger charge is -2.38. The molecule has 2 fully saturated rings. The van der Waals surface area contributed by atoms with Crippen molar-refractivity contribution in [2.75, 3.05) is 6.54 Å². The van der Waals surface area contributed by atoms with Gasteiger partial charge in [-0.05, 0) is 38.0 Å². The first-order valence-corrected chi connectivity index (χ1v) is 7.52. The molecule has 2 nitrogen and oxygen atoms in total. The lowest BCUT2D eigenvalue weighted by atomic mass is 9.67. The number of nitrogens with one attached hydrogen (secondary N) is 1. The lowest BCUT2D eigenvalue weighted by molar-refractivity contribution is -0.127. The van der Waals surface area contributed by atoms with Gasteiger partial charge in [-0.2, -0.15) is 0 Å². The van der Waals surface area contributed by atoms with Crippen LogP contribution < -0.4 is 5.32 Å². The van der Waals surface area contributed by atoms with Gasteiger partial charge < -0.3 is 5.32 Å². The minimum Gasteiger partial charge on any atom is -0.354 e. The van der Waals surface area contributed by atoms with Crippen LogP contribution in [0.1, 0.15) is 51.9 Å². The van der Waals surface area contributed by atoms with Crippen molar-refractivity contribution in [3.8, 4) is 0 Å². The van der Waals surface area contributed by atoms with Crippen molar-refractivity contribution in [3.05, 3.63) is 0 Å². The lowest BCUT2D eigenvalue weighted by Crippen LogP contribution is -2.39. The number of rotatable bonds is 3. The maximum Gasteiger partial charge on any atom is 0.223 e. The Labute approximate surface area is 109 Å². The van der Waals surface area contributed by atoms with Gasteiger partial charge in [0.05, 0.1) is 0 Å². The molecule has 3 heteroatoms. The number of hydrogen-bond acceptors (Lipinski definition) is 1. The van der Waals surface area contributed by atoms with Crippen molar-refractivity contribution in [1.82, 2.24) is 5.32 Å². The van der Waals surface area contributed by atoms with Crippen molar-refractivity contribution >= 4 is 17.5 Å². The van der Waals surface area contributed by atoms with E-state index in [9.17, 15) is 4.79 Å². The number of carbonyl (C=O) groups is 1. The second kappa shape index (κ2) is 6.08. The average molecular weight is 258 g/mol. The van der Waals surface area contributed by atoms with E-state index >= 15 is 0 Å². The summed E-state index contributed by atoms with van der Waals surface area (Å²) in [5, 5.41) is 3.01. The van der Waals surface area contributed by atoms with Crippen molar-refractivity contribution in [2.24, 2.45) is 17.8 Å². The van der Waals surface area contributed by atoms with E-state index in [0.717, 1.165) is 24.7 Å². The monoisotopic (exact) mass is 257 g/mol. The molecule has 0 heterocycles. The molecule has 2 saturated carbocycles. The molecule has 17 heavy (non-hydrogen) atoms. The Kier molecular flexibility index (Phi) is 4.72. The zero-order valence-electron chi connectivity index (χ0n) is 10.8. The summed E-state index contributed by atoms with van der Waals surface area (Å²) in [5.41, 5.74) is 0. The Morgan fingerprint density at radius 3 is 2.65 bits per heavy atom. The minimum absolute atomic E-state index is 0.0324. The fourth-order valence-electron chi connectivity index (χ4n) is 3.50. The third-order valence-electron chi connectivity index (χ3n) is 4.47. The highest BCUT2D eigenvalue weighted by atomic mass is 35.5. The summed E-state index contributed by atoms with van der Waals surface area (Å²) >= 11 is 5.86. The van der Waals surface area contributed by atoms with E-state index in [4.69, 9.17) is 11.6 Å². The molecule has 0 spiro atoms. The van der Waals surface area contributed by atoms with E-state index in [1.807, 2.05) is 6.92 Å². The smallest absolute Gasteiger partial charge is 0.223 e. The van der Waals surface area contributed by atoms with Crippen LogP contribution in [-0.4, -0.2) is 17.8 Å². The van der Waals surface area contributed by atoms with Gasteiger partial charge in [0.1, 0.15) is 0 Å². The van der Waals surface area contributed by atoms with Gasteiger partial charge in [0, 0.05) is 17.8 Å². The molecule has 1 N–H and O–H groups in total. The Morgan fingerprint density at radius 1 is 1.24 bits per heavy atom. The van der Waals surface area contributed by atoms with Gasteiger partial charge in [-0.25, -0.2) is 0 Å². The summed E-state index contributed by atoms with van der Waals surface area (Å²) in [6.45, 7) is 2.52. The molecule has 98 valence electrons. The first kappa shape index (κ1) is 13.2. The summed E-state index contributed by atoms with van der Waals surface area (Å²) in [5.74, 6) is 2.23. The molecule has 0 aromatic carbocycles. The molecule has 0 aromatic rings. The standard InChI is InChI=1S/C14H24ClNO/c1-10(15)9-16-14(17)13-7-6-11-4-2-3-5-12(11)8-13/h10-13H,2-9H2,1H3,(H,16,17). The van der Waals surface area contributed by atoms with Crippen LogP contribution in [-0.2, 0) is 4.79 Å². The highest BCUT2D eigenvalue weighted by Gasteiger charge is 2.34. The fraction of sp³-hybridized carbons (Fsp3) is 0.929. The molecule has 2 rings (SSSR count). The zero-order chi connectivity index (χ0) is 12.3. The molecule has 0 saturated heterocycles. The summed E-state index contributed by atoms with van der Waals surface area (Å²) < 4.78 is 0. The second-order valence-electron chi connectivity index (χ2n) is 5.84. The first-order chi connectivity index (χ1) is 8.16. The van der Waals surface area contributed by atoms with Gasteiger partial charge in [-0.1, -0.05) is 25.7 Å². The van der Waals surface area contributed by atoms with Gasteiger partial charge in [-0.3, -0.25) is 4.79 Å². The van der Waals surface area contributed by atoms with E-state index in [-0.39, 0.29) is 17.2 Å². The maximum absolute atomic E-state index is 12.0. The molecule has 2 aliphatic carbocycles. The van der Waals surface area contributed by atoms with Crippen molar-refractivity contribution < 1.29 is 4.79 Å². The zero-order valence-corrected chi connectivity index (χ0v) is 11.5. The van der Waals surface area contributed by atoms with Crippen LogP contribution in [0.3, 0.4) is 0 Å². The Morgan fingerprint density at radius 2 is 1.94 bits per heavy atom. The number of alkyl halides is 1. The normalized spacial score (nSPS) is 34.8. The van der Waals surface area contributed by atoms with Gasteiger partial charge >= 0.3 is 0 Å². The topological polar surface area (TPSA) is 29.1 Å². The molecule has 2 aliphatic rings. The van der Waals surface area contributed by atoms with Crippen LogP contribution in [0.15, 0.2) is 0 Å². The SMILES string of the molecule is CC(Cl)CNC(=O)C1CCC2CCCCC2C1. The van der Waals surface area contributed by atoms with Crippen LogP contribution in [0.4, 0.5) is 0 Å². The van der Waals surface area contributed by atoms with E-state index in [1.165, 1.54) is 32.1 Å². The highest BCUT2D eigenvalue weighted by molar-refractivity contribution is 6.20. The molecule has 0 aromatic heterocycles. The number of carbonyl (C=O) groups excluding carboxylic acids is 1. The molecule has 0 aliphatic heterocycles. The number of hydrogen-bond donors (Lipinski definition) is 1. The van der Waals surface area contributed by atoms with Gasteiger partial charge in [0.2, 0.25) is 5.91 Å². The summed E-state index contributed by atoms with van der Waals surface area (Å²) in [6, 6.07) is 0. The van der Waals surface area contributed by atoms with Crippen LogP contribution in [0, 0.1) is 17.8 Å². The van der Waals surface area contributed by atoms with Crippen molar-refractivity contribution in [2.45, 2.75) is 57.2 Å². The Balaban J connectivity index is 1.80. The van der Waals surface area contributed by atoms with Gasteiger partial charge in [0.15, 0.2) is 0 Å². The van der Waals surface area contributed by atoms with Crippen LogP contribution in [0.5, 0.6) is 0 Å². The van der Waals surface area contributed by atoms with E-state index in [0.29, 0.717) is 6.54 Å². The maximum atomic E-state index is 12.0. The van der Waals surface area contributed by atoms with Crippen molar-refractivity contribution in [1.29, 1.82) is 0 Å². The number of fused-ring (bicyclic) bond motifs is 1. The van der Waals surface area contributed by atoms with Crippen molar-refractivity contribution in [3.63, 3.8) is 0 Å². The van der Waals surface area contributed by atoms with Gasteiger partial charge in [0.25, 0.3) is 0 Å². The predicted molar refractivity (Wildman–Crippen MR) is 71.1 cm³/mol. The molecule has 1 amide bonds. The second-order valence-corrected chi connectivity index (χ2v) is 6.59. The van der Waals surface area contributed by atoms with Crippen LogP contribution >= 0.6 is 11.6 Å². The van der Waals surface area contributed by atoms with E-state index < -0.39 is 0 Å². The van der Waals surface area contributed by atoms with Gasteiger partial charge in [-0.15, -0.1) is 11.6 Å². The van der Waals surface area contributed by atoms with Crippen LogP contribution in [0.25, 0.3) is 0 Å². The third-order valence-corrected chi connectivity index (χ3v) is 4.62. The van der Waals surface area contributed by atoms with E-state index in [1.54, 1.807) is 0 Å². The fourth-order valence-corrected chi connectivity index (χ4v) is 3.57. The molecule has 0 radical (unpaired) electrons. The number of amides is 1. The molecule has 4 atom stereocenters. The largest absolute Gasteiger partial charge is 0.354 e.